The first kappa shape index (κ1) is 17.9. The van der Waals surface area contributed by atoms with Gasteiger partial charge in [-0.05, 0) is 17.7 Å². The minimum absolute atomic E-state index is 0.0619. The summed E-state index contributed by atoms with van der Waals surface area (Å²) in [7, 11) is -4.06. The number of hydrogen-bond acceptors (Lipinski definition) is 7. The minimum Gasteiger partial charge on any atom is -0.501 e. The lowest BCUT2D eigenvalue weighted by atomic mass is 10.2. The number of rotatable bonds is 5. The molecule has 0 spiro atoms. The molecule has 2 heterocycles. The summed E-state index contributed by atoms with van der Waals surface area (Å²) < 4.78 is 35.1. The van der Waals surface area contributed by atoms with Gasteiger partial charge in [-0.25, -0.2) is 4.98 Å². The molecule has 0 saturated carbocycles. The molecule has 0 atom stereocenters. The Bertz CT molecular complexity index is 1250. The van der Waals surface area contributed by atoms with E-state index in [-0.39, 0.29) is 17.4 Å². The molecule has 0 saturated heterocycles. The van der Waals surface area contributed by atoms with E-state index in [1.165, 1.54) is 0 Å². The molecule has 28 heavy (non-hydrogen) atoms. The van der Waals surface area contributed by atoms with Crippen molar-refractivity contribution in [2.75, 3.05) is 5.73 Å². The second-order valence-corrected chi connectivity index (χ2v) is 7.70. The van der Waals surface area contributed by atoms with Crippen LogP contribution >= 0.6 is 0 Å². The van der Waals surface area contributed by atoms with Crippen LogP contribution in [-0.2, 0) is 15.9 Å². The lowest BCUT2D eigenvalue weighted by Crippen LogP contribution is -2.12. The summed E-state index contributed by atoms with van der Waals surface area (Å²) in [5.41, 5.74) is 7.28. The largest absolute Gasteiger partial charge is 0.501 e. The molecule has 0 radical (unpaired) electrons. The van der Waals surface area contributed by atoms with E-state index in [0.717, 1.165) is 5.39 Å². The Morgan fingerprint density at radius 2 is 1.71 bits per heavy atom. The lowest BCUT2D eigenvalue weighted by molar-refractivity contribution is 0.432. The molecule has 0 bridgehead atoms. The second-order valence-electron chi connectivity index (χ2n) is 6.13. The average Bonchev–Trinajstić information content (AvgIpc) is 2.96. The molecular formula is C20H16N2O5S. The van der Waals surface area contributed by atoms with Crippen LogP contribution in [0.2, 0.25) is 0 Å². The first-order chi connectivity index (χ1) is 13.4. The highest BCUT2D eigenvalue weighted by atomic mass is 32.2. The van der Waals surface area contributed by atoms with Crippen LogP contribution in [0.5, 0.6) is 11.5 Å². The topological polar surface area (TPSA) is 116 Å². The van der Waals surface area contributed by atoms with Gasteiger partial charge in [-0.3, -0.25) is 0 Å². The number of fused-ring (bicyclic) bond motifs is 1. The monoisotopic (exact) mass is 396 g/mol. The van der Waals surface area contributed by atoms with Gasteiger partial charge in [0.15, 0.2) is 0 Å². The van der Waals surface area contributed by atoms with E-state index in [1.807, 2.05) is 30.3 Å². The Labute approximate surface area is 161 Å². The van der Waals surface area contributed by atoms with Gasteiger partial charge in [0.1, 0.15) is 11.4 Å². The number of benzene rings is 2. The van der Waals surface area contributed by atoms with Gasteiger partial charge in [0.05, 0.1) is 5.52 Å². The number of nitrogen functional groups attached to an aromatic ring is 1. The fourth-order valence-electron chi connectivity index (χ4n) is 2.81. The van der Waals surface area contributed by atoms with Crippen LogP contribution in [-0.4, -0.2) is 18.5 Å². The van der Waals surface area contributed by atoms with E-state index in [4.69, 9.17) is 14.3 Å². The molecule has 0 aliphatic rings. The van der Waals surface area contributed by atoms with E-state index in [0.29, 0.717) is 16.8 Å². The fourth-order valence-corrected chi connectivity index (χ4v) is 3.88. The summed E-state index contributed by atoms with van der Waals surface area (Å²) in [6.07, 6.45) is 0. The van der Waals surface area contributed by atoms with Crippen LogP contribution < -0.4 is 9.92 Å². The van der Waals surface area contributed by atoms with Gasteiger partial charge in [0, 0.05) is 5.39 Å². The third-order valence-electron chi connectivity index (χ3n) is 4.09. The highest BCUT2D eigenvalue weighted by molar-refractivity contribution is 7.86. The van der Waals surface area contributed by atoms with E-state index in [1.54, 1.807) is 36.4 Å². The summed E-state index contributed by atoms with van der Waals surface area (Å²) in [6, 6.07) is 19.4. The highest BCUT2D eigenvalue weighted by Gasteiger charge is 2.27. The van der Waals surface area contributed by atoms with Crippen LogP contribution in [0.3, 0.4) is 0 Å². The molecule has 4 aromatic rings. The first-order valence-corrected chi connectivity index (χ1v) is 9.94. The molecule has 4 rings (SSSR count). The van der Waals surface area contributed by atoms with Crippen molar-refractivity contribution >= 4 is 26.9 Å². The Balaban J connectivity index is 1.67. The predicted molar refractivity (Wildman–Crippen MR) is 105 cm³/mol. The molecule has 3 N–H and O–H groups in total. The Hall–Kier alpha value is -3.52. The zero-order valence-corrected chi connectivity index (χ0v) is 15.4. The number of furan rings is 1. The smallest absolute Gasteiger partial charge is 0.313 e. The van der Waals surface area contributed by atoms with Gasteiger partial charge in [0.25, 0.3) is 0 Å². The zero-order valence-electron chi connectivity index (χ0n) is 14.6. The van der Waals surface area contributed by atoms with E-state index >= 15 is 0 Å². The van der Waals surface area contributed by atoms with Crippen LogP contribution in [0.25, 0.3) is 22.4 Å². The van der Waals surface area contributed by atoms with Gasteiger partial charge in [-0.2, -0.15) is 8.42 Å². The lowest BCUT2D eigenvalue weighted by Gasteiger charge is -2.06. The summed E-state index contributed by atoms with van der Waals surface area (Å²) in [5.74, 6) is -1.74. The van der Waals surface area contributed by atoms with Gasteiger partial charge >= 0.3 is 10.1 Å². The molecule has 2 aromatic carbocycles. The Morgan fingerprint density at radius 3 is 2.50 bits per heavy atom. The summed E-state index contributed by atoms with van der Waals surface area (Å²) in [4.78, 5) is 4.41. The SMILES string of the molecule is Nc1oc(-c2ccc3ccccc3n2)c(O)c1OS(=O)(=O)Cc1ccccc1. The molecule has 0 fully saturated rings. The van der Waals surface area contributed by atoms with Gasteiger partial charge < -0.3 is 19.4 Å². The van der Waals surface area contributed by atoms with E-state index < -0.39 is 21.6 Å². The predicted octanol–water partition coefficient (Wildman–Crippen LogP) is 3.69. The van der Waals surface area contributed by atoms with Crippen molar-refractivity contribution in [3.05, 3.63) is 72.3 Å². The van der Waals surface area contributed by atoms with Crippen molar-refractivity contribution in [3.63, 3.8) is 0 Å². The highest BCUT2D eigenvalue weighted by Crippen LogP contribution is 2.45. The number of nitrogens with zero attached hydrogens (tertiary/aromatic N) is 1. The maximum Gasteiger partial charge on any atom is 0.313 e. The molecular weight excluding hydrogens is 380 g/mol. The number of aromatic hydroxyl groups is 1. The number of hydrogen-bond donors (Lipinski definition) is 2. The summed E-state index contributed by atoms with van der Waals surface area (Å²) in [5, 5.41) is 11.4. The maximum atomic E-state index is 12.3. The number of aromatic nitrogens is 1. The standard InChI is InChI=1S/C20H16N2O5S/c21-20-19(27-28(24,25)12-13-6-2-1-3-7-13)17(23)18(26-20)16-11-10-14-8-4-5-9-15(14)22-16/h1-11,23H,12,21H2. The molecule has 0 unspecified atom stereocenters. The van der Waals surface area contributed by atoms with Crippen LogP contribution in [0.15, 0.2) is 71.1 Å². The molecule has 8 heteroatoms. The molecule has 7 nitrogen and oxygen atoms in total. The number of anilines is 1. The Kier molecular flexibility index (Phi) is 4.40. The first-order valence-electron chi connectivity index (χ1n) is 8.36. The van der Waals surface area contributed by atoms with Crippen molar-refractivity contribution in [1.82, 2.24) is 4.98 Å². The molecule has 0 aliphatic carbocycles. The fraction of sp³-hybridized carbons (Fsp3) is 0.0500. The van der Waals surface area contributed by atoms with Crippen molar-refractivity contribution in [2.45, 2.75) is 5.75 Å². The van der Waals surface area contributed by atoms with Crippen LogP contribution in [0, 0.1) is 0 Å². The van der Waals surface area contributed by atoms with Gasteiger partial charge in [-0.1, -0.05) is 54.6 Å². The van der Waals surface area contributed by atoms with Crippen molar-refractivity contribution < 1.29 is 22.1 Å². The third kappa shape index (κ3) is 3.49. The van der Waals surface area contributed by atoms with Crippen LogP contribution in [0.1, 0.15) is 5.56 Å². The molecule has 0 amide bonds. The van der Waals surface area contributed by atoms with Crippen molar-refractivity contribution in [3.8, 4) is 23.0 Å². The maximum absolute atomic E-state index is 12.3. The van der Waals surface area contributed by atoms with Crippen LogP contribution in [0.4, 0.5) is 5.88 Å². The number of para-hydroxylation sites is 1. The van der Waals surface area contributed by atoms with E-state index in [9.17, 15) is 13.5 Å². The van der Waals surface area contributed by atoms with Crippen molar-refractivity contribution in [1.29, 1.82) is 0 Å². The summed E-state index contributed by atoms with van der Waals surface area (Å²) >= 11 is 0. The normalized spacial score (nSPS) is 11.6. The molecule has 0 aliphatic heterocycles. The molecule has 2 aromatic heterocycles. The minimum atomic E-state index is -4.06. The van der Waals surface area contributed by atoms with Gasteiger partial charge in [0.2, 0.25) is 23.1 Å². The average molecular weight is 396 g/mol. The Morgan fingerprint density at radius 1 is 1.00 bits per heavy atom. The molecule has 142 valence electrons. The number of nitrogens with two attached hydrogens (primary N) is 1. The quantitative estimate of drug-likeness (QED) is 0.494. The zero-order chi connectivity index (χ0) is 19.7. The summed E-state index contributed by atoms with van der Waals surface area (Å²) in [6.45, 7) is 0. The van der Waals surface area contributed by atoms with E-state index in [2.05, 4.69) is 4.98 Å². The van der Waals surface area contributed by atoms with Gasteiger partial charge in [-0.15, -0.1) is 0 Å². The number of pyridine rings is 1. The third-order valence-corrected chi connectivity index (χ3v) is 5.20. The second kappa shape index (κ2) is 6.90. The van der Waals surface area contributed by atoms with Crippen molar-refractivity contribution in [2.24, 2.45) is 0 Å².